The van der Waals surface area contributed by atoms with Gasteiger partial charge in [0.15, 0.2) is 0 Å². The third kappa shape index (κ3) is 6.92. The van der Waals surface area contributed by atoms with Crippen LogP contribution in [0.3, 0.4) is 0 Å². The summed E-state index contributed by atoms with van der Waals surface area (Å²) >= 11 is 0. The molecule has 0 heterocycles. The van der Waals surface area contributed by atoms with Gasteiger partial charge in [-0.05, 0) is 72.7 Å². The largest absolute Gasteiger partial charge is 0.419 e. The Morgan fingerprint density at radius 3 is 2.27 bits per heavy atom. The zero-order valence-corrected chi connectivity index (χ0v) is 21.2. The van der Waals surface area contributed by atoms with Crippen molar-refractivity contribution in [3.63, 3.8) is 0 Å². The van der Waals surface area contributed by atoms with Crippen molar-refractivity contribution < 1.29 is 22.0 Å². The SMILES string of the molecule is CCCCCCCC1CCC(c2ccc3c(F)c(C#Cc4ccc(C(F)(F)F)c(F)c4)ccc3c2)CC1. The fourth-order valence-electron chi connectivity index (χ4n) is 5.44. The third-order valence-corrected chi connectivity index (χ3v) is 7.63. The molecule has 0 bridgehead atoms. The Labute approximate surface area is 216 Å². The Hall–Kier alpha value is -2.87. The lowest BCUT2D eigenvalue weighted by molar-refractivity contribution is -0.140. The van der Waals surface area contributed by atoms with Gasteiger partial charge in [0, 0.05) is 10.9 Å². The van der Waals surface area contributed by atoms with Gasteiger partial charge in [-0.15, -0.1) is 0 Å². The Bertz CT molecular complexity index is 1270. The molecule has 0 unspecified atom stereocenters. The number of rotatable bonds is 7. The van der Waals surface area contributed by atoms with Gasteiger partial charge in [-0.25, -0.2) is 8.78 Å². The van der Waals surface area contributed by atoms with Crippen molar-refractivity contribution in [3.05, 3.63) is 82.4 Å². The first-order valence-electron chi connectivity index (χ1n) is 13.4. The standard InChI is InChI=1S/C32H33F5/c1-2-3-4-5-6-7-22-8-12-24(13-9-22)26-17-18-28-27(21-26)16-15-25(31(28)34)14-10-23-11-19-29(30(33)20-23)32(35,36)37/h11,15-22,24H,2-9,12-13H2,1H3. The van der Waals surface area contributed by atoms with Gasteiger partial charge in [0.05, 0.1) is 11.1 Å². The van der Waals surface area contributed by atoms with Crippen LogP contribution in [0.25, 0.3) is 10.8 Å². The van der Waals surface area contributed by atoms with Crippen LogP contribution in [-0.4, -0.2) is 0 Å². The van der Waals surface area contributed by atoms with E-state index in [9.17, 15) is 17.6 Å². The summed E-state index contributed by atoms with van der Waals surface area (Å²) in [7, 11) is 0. The lowest BCUT2D eigenvalue weighted by Gasteiger charge is -2.29. The van der Waals surface area contributed by atoms with Gasteiger partial charge in [-0.3, -0.25) is 0 Å². The van der Waals surface area contributed by atoms with Crippen molar-refractivity contribution in [2.75, 3.05) is 0 Å². The highest BCUT2D eigenvalue weighted by atomic mass is 19.4. The Morgan fingerprint density at radius 2 is 1.57 bits per heavy atom. The van der Waals surface area contributed by atoms with Crippen LogP contribution in [0.1, 0.15) is 99.3 Å². The molecular formula is C32H33F5. The lowest BCUT2D eigenvalue weighted by atomic mass is 9.76. The molecule has 1 fully saturated rings. The van der Waals surface area contributed by atoms with Crippen LogP contribution in [0.4, 0.5) is 22.0 Å². The number of benzene rings is 3. The maximum atomic E-state index is 15.2. The van der Waals surface area contributed by atoms with Gasteiger partial charge in [-0.2, -0.15) is 13.2 Å². The minimum atomic E-state index is -4.77. The van der Waals surface area contributed by atoms with Gasteiger partial charge in [0.1, 0.15) is 11.6 Å². The Balaban J connectivity index is 1.42. The van der Waals surface area contributed by atoms with E-state index in [4.69, 9.17) is 0 Å². The van der Waals surface area contributed by atoms with E-state index in [1.54, 1.807) is 12.1 Å². The molecule has 1 aliphatic carbocycles. The van der Waals surface area contributed by atoms with E-state index < -0.39 is 23.4 Å². The molecule has 1 aliphatic rings. The smallest absolute Gasteiger partial charge is 0.206 e. The monoisotopic (exact) mass is 512 g/mol. The quantitative estimate of drug-likeness (QED) is 0.168. The van der Waals surface area contributed by atoms with Crippen LogP contribution >= 0.6 is 0 Å². The van der Waals surface area contributed by atoms with Crippen molar-refractivity contribution in [3.8, 4) is 11.8 Å². The topological polar surface area (TPSA) is 0 Å². The zero-order valence-electron chi connectivity index (χ0n) is 21.2. The second-order valence-electron chi connectivity index (χ2n) is 10.3. The summed E-state index contributed by atoms with van der Waals surface area (Å²) in [5.41, 5.74) is 0.0749. The minimum Gasteiger partial charge on any atom is -0.206 e. The summed E-state index contributed by atoms with van der Waals surface area (Å²) in [6, 6.07) is 11.7. The molecule has 0 aliphatic heterocycles. The fourth-order valence-corrected chi connectivity index (χ4v) is 5.44. The first-order chi connectivity index (χ1) is 17.8. The maximum Gasteiger partial charge on any atom is 0.419 e. The van der Waals surface area contributed by atoms with Crippen molar-refractivity contribution in [2.24, 2.45) is 5.92 Å². The minimum absolute atomic E-state index is 0.0527. The molecule has 3 aromatic carbocycles. The van der Waals surface area contributed by atoms with Crippen LogP contribution in [0, 0.1) is 29.4 Å². The summed E-state index contributed by atoms with van der Waals surface area (Å²) in [6.45, 7) is 2.24. The molecule has 0 nitrogen and oxygen atoms in total. The lowest BCUT2D eigenvalue weighted by Crippen LogP contribution is -2.13. The fraction of sp³-hybridized carbons (Fsp3) is 0.438. The summed E-state index contributed by atoms with van der Waals surface area (Å²) in [5, 5.41) is 1.26. The van der Waals surface area contributed by atoms with Crippen LogP contribution in [0.2, 0.25) is 0 Å². The van der Waals surface area contributed by atoms with Crippen LogP contribution < -0.4 is 0 Å². The molecule has 4 rings (SSSR count). The van der Waals surface area contributed by atoms with Gasteiger partial charge in [-0.1, -0.05) is 81.6 Å². The normalized spacial score (nSPS) is 18.0. The number of hydrogen-bond donors (Lipinski definition) is 0. The third-order valence-electron chi connectivity index (χ3n) is 7.63. The van der Waals surface area contributed by atoms with Crippen molar-refractivity contribution in [1.29, 1.82) is 0 Å². The van der Waals surface area contributed by atoms with E-state index in [1.165, 1.54) is 69.8 Å². The highest BCUT2D eigenvalue weighted by Gasteiger charge is 2.33. The van der Waals surface area contributed by atoms with E-state index >= 15 is 4.39 Å². The maximum absolute atomic E-state index is 15.2. The summed E-state index contributed by atoms with van der Waals surface area (Å²) in [6.07, 6.45) is 8.05. The van der Waals surface area contributed by atoms with Gasteiger partial charge >= 0.3 is 6.18 Å². The predicted octanol–water partition coefficient (Wildman–Crippen LogP) is 10.2. The molecule has 196 valence electrons. The molecule has 0 saturated heterocycles. The summed E-state index contributed by atoms with van der Waals surface area (Å²) in [4.78, 5) is 0. The highest BCUT2D eigenvalue weighted by Crippen LogP contribution is 2.39. The number of hydrogen-bond acceptors (Lipinski definition) is 0. The van der Waals surface area contributed by atoms with Gasteiger partial charge in [0.25, 0.3) is 0 Å². The summed E-state index contributed by atoms with van der Waals surface area (Å²) < 4.78 is 67.2. The molecule has 3 aromatic rings. The van der Waals surface area contributed by atoms with Crippen molar-refractivity contribution in [2.45, 2.75) is 83.2 Å². The number of halogens is 5. The van der Waals surface area contributed by atoms with Crippen LogP contribution in [0.15, 0.2) is 48.5 Å². The average Bonchev–Trinajstić information content (AvgIpc) is 2.87. The van der Waals surface area contributed by atoms with Gasteiger partial charge < -0.3 is 0 Å². The van der Waals surface area contributed by atoms with E-state index in [0.717, 1.165) is 23.4 Å². The van der Waals surface area contributed by atoms with E-state index in [1.807, 2.05) is 12.1 Å². The zero-order chi connectivity index (χ0) is 26.4. The molecular weight excluding hydrogens is 479 g/mol. The first kappa shape index (κ1) is 27.2. The Kier molecular flexibility index (Phi) is 8.90. The molecule has 5 heteroatoms. The second-order valence-corrected chi connectivity index (χ2v) is 10.3. The number of fused-ring (bicyclic) bond motifs is 1. The number of unbranched alkanes of at least 4 members (excludes halogenated alkanes) is 4. The number of alkyl halides is 3. The van der Waals surface area contributed by atoms with Crippen LogP contribution in [0.5, 0.6) is 0 Å². The molecule has 0 aromatic heterocycles. The molecule has 0 amide bonds. The van der Waals surface area contributed by atoms with E-state index in [0.29, 0.717) is 17.4 Å². The van der Waals surface area contributed by atoms with Gasteiger partial charge in [0.2, 0.25) is 0 Å². The predicted molar refractivity (Wildman–Crippen MR) is 139 cm³/mol. The average molecular weight is 513 g/mol. The van der Waals surface area contributed by atoms with Crippen LogP contribution in [-0.2, 0) is 6.18 Å². The Morgan fingerprint density at radius 1 is 0.811 bits per heavy atom. The van der Waals surface area contributed by atoms with E-state index in [-0.39, 0.29) is 11.1 Å². The van der Waals surface area contributed by atoms with Crippen molar-refractivity contribution >= 4 is 10.8 Å². The molecule has 0 radical (unpaired) electrons. The second kappa shape index (κ2) is 12.1. The molecule has 0 atom stereocenters. The summed E-state index contributed by atoms with van der Waals surface area (Å²) in [5.74, 6) is 4.68. The first-order valence-corrected chi connectivity index (χ1v) is 13.4. The molecule has 1 saturated carbocycles. The highest BCUT2D eigenvalue weighted by molar-refractivity contribution is 5.85. The van der Waals surface area contributed by atoms with E-state index in [2.05, 4.69) is 24.8 Å². The molecule has 0 spiro atoms. The molecule has 37 heavy (non-hydrogen) atoms. The van der Waals surface area contributed by atoms with Crippen molar-refractivity contribution in [1.82, 2.24) is 0 Å². The molecule has 0 N–H and O–H groups in total.